The van der Waals surface area contributed by atoms with Crippen molar-refractivity contribution in [3.8, 4) is 0 Å². The molecule has 0 aromatic carbocycles. The van der Waals surface area contributed by atoms with E-state index in [0.717, 1.165) is 0 Å². The molecule has 0 radical (unpaired) electrons. The van der Waals surface area contributed by atoms with Gasteiger partial charge < -0.3 is 99.2 Å². The van der Waals surface area contributed by atoms with Gasteiger partial charge in [-0.15, -0.1) is 0 Å². The number of aliphatic hydroxyl groups excluding tert-OH is 12. The zero-order valence-electron chi connectivity index (χ0n) is 25.0. The van der Waals surface area contributed by atoms with Crippen LogP contribution in [-0.4, -0.2) is 212 Å². The lowest BCUT2D eigenvalue weighted by atomic mass is 9.91. The van der Waals surface area contributed by atoms with Crippen molar-refractivity contribution < 1.29 is 99.2 Å². The smallest absolute Gasteiger partial charge is 0.187 e. The van der Waals surface area contributed by atoms with E-state index in [1.807, 2.05) is 0 Å². The Kier molecular flexibility index (Phi) is 13.4. The van der Waals surface area contributed by atoms with Crippen LogP contribution in [0.3, 0.4) is 0 Å². The molecule has 46 heavy (non-hydrogen) atoms. The van der Waals surface area contributed by atoms with Crippen LogP contribution in [0.5, 0.6) is 0 Å². The molecule has 4 rings (SSSR count). The molecule has 0 saturated carbocycles. The molecule has 0 spiro atoms. The Morgan fingerprint density at radius 3 is 1.02 bits per heavy atom. The maximum Gasteiger partial charge on any atom is 0.187 e. The average molecular weight is 679 g/mol. The highest BCUT2D eigenvalue weighted by molar-refractivity contribution is 4.97. The Morgan fingerprint density at radius 2 is 0.696 bits per heavy atom. The number of ether oxygens (including phenoxy) is 8. The molecule has 0 aliphatic carbocycles. The predicted octanol–water partition coefficient (Wildman–Crippen LogP) is -7.82. The summed E-state index contributed by atoms with van der Waals surface area (Å²) in [6, 6.07) is 0. The Bertz CT molecular complexity index is 926. The molecule has 20 heteroatoms. The molecular weight excluding hydrogens is 632 g/mol. The third-order valence-electron chi connectivity index (χ3n) is 8.81. The zero-order valence-corrected chi connectivity index (χ0v) is 25.0. The molecule has 4 unspecified atom stereocenters. The van der Waals surface area contributed by atoms with Gasteiger partial charge in [0.2, 0.25) is 0 Å². The molecule has 20 nitrogen and oxygen atoms in total. The number of hydrogen-bond donors (Lipinski definition) is 12. The number of hydrogen-bond acceptors (Lipinski definition) is 20. The predicted molar refractivity (Wildman–Crippen MR) is 142 cm³/mol. The van der Waals surface area contributed by atoms with Gasteiger partial charge >= 0.3 is 0 Å². The number of rotatable bonds is 11. The van der Waals surface area contributed by atoms with Crippen LogP contribution in [0.15, 0.2) is 0 Å². The summed E-state index contributed by atoms with van der Waals surface area (Å²) in [4.78, 5) is 0. The monoisotopic (exact) mass is 678 g/mol. The minimum Gasteiger partial charge on any atom is -0.394 e. The summed E-state index contributed by atoms with van der Waals surface area (Å²) in [7, 11) is 1.20. The topological polar surface area (TPSA) is 317 Å². The zero-order chi connectivity index (χ0) is 34.0. The molecule has 0 amide bonds. The largest absolute Gasteiger partial charge is 0.394 e. The molecule has 4 fully saturated rings. The Hall–Kier alpha value is -0.800. The van der Waals surface area contributed by atoms with Crippen molar-refractivity contribution in [1.82, 2.24) is 0 Å². The van der Waals surface area contributed by atoms with E-state index in [9.17, 15) is 61.3 Å². The second-order valence-corrected chi connectivity index (χ2v) is 11.7. The van der Waals surface area contributed by atoms with Gasteiger partial charge in [0.1, 0.15) is 79.4 Å². The maximum atomic E-state index is 10.9. The first-order valence-corrected chi connectivity index (χ1v) is 14.8. The first-order chi connectivity index (χ1) is 21.8. The molecule has 4 saturated heterocycles. The van der Waals surface area contributed by atoms with Crippen molar-refractivity contribution in [3.05, 3.63) is 0 Å². The molecule has 4 aliphatic heterocycles. The maximum absolute atomic E-state index is 10.9. The van der Waals surface area contributed by atoms with Gasteiger partial charge in [-0.25, -0.2) is 0 Å². The number of methoxy groups -OCH3 is 1. The van der Waals surface area contributed by atoms with Crippen LogP contribution in [-0.2, 0) is 37.9 Å². The summed E-state index contributed by atoms with van der Waals surface area (Å²) < 4.78 is 43.7. The summed E-state index contributed by atoms with van der Waals surface area (Å²) in [6.07, 6.45) is -30.5. The molecule has 12 N–H and O–H groups in total. The minimum atomic E-state index is -1.96. The fraction of sp³-hybridized carbons (Fsp3) is 1.00. The van der Waals surface area contributed by atoms with Crippen molar-refractivity contribution in [2.24, 2.45) is 5.92 Å². The van der Waals surface area contributed by atoms with Gasteiger partial charge in [0.15, 0.2) is 25.2 Å². The Balaban J connectivity index is 1.43. The van der Waals surface area contributed by atoms with Crippen molar-refractivity contribution in [1.29, 1.82) is 0 Å². The Labute approximate surface area is 262 Å². The third-order valence-corrected chi connectivity index (χ3v) is 8.81. The fourth-order valence-corrected chi connectivity index (χ4v) is 5.94. The summed E-state index contributed by atoms with van der Waals surface area (Å²) in [6.45, 7) is -1.41. The lowest BCUT2D eigenvalue weighted by Crippen LogP contribution is -2.67. The van der Waals surface area contributed by atoms with Crippen LogP contribution >= 0.6 is 0 Å². The van der Waals surface area contributed by atoms with Crippen LogP contribution in [0.25, 0.3) is 0 Å². The molecule has 0 aromatic heterocycles. The quantitative estimate of drug-likeness (QED) is 0.0965. The van der Waals surface area contributed by atoms with E-state index in [1.165, 1.54) is 14.0 Å². The van der Waals surface area contributed by atoms with Crippen LogP contribution in [0.1, 0.15) is 6.92 Å². The lowest BCUT2D eigenvalue weighted by molar-refractivity contribution is -0.387. The van der Waals surface area contributed by atoms with Crippen LogP contribution < -0.4 is 0 Å². The molecular formula is C26H46O20. The van der Waals surface area contributed by atoms with Crippen molar-refractivity contribution in [2.75, 3.05) is 33.5 Å². The lowest BCUT2D eigenvalue weighted by Gasteiger charge is -2.49. The van der Waals surface area contributed by atoms with Gasteiger partial charge in [-0.3, -0.25) is 0 Å². The normalized spacial score (nSPS) is 52.0. The van der Waals surface area contributed by atoms with Crippen molar-refractivity contribution >= 4 is 0 Å². The fourth-order valence-electron chi connectivity index (χ4n) is 5.94. The summed E-state index contributed by atoms with van der Waals surface area (Å²) in [5.74, 6) is -0.680. The molecule has 0 aromatic rings. The molecule has 20 atom stereocenters. The highest BCUT2D eigenvalue weighted by atomic mass is 16.8. The highest BCUT2D eigenvalue weighted by Crippen LogP contribution is 2.34. The molecule has 0 bridgehead atoms. The van der Waals surface area contributed by atoms with Gasteiger partial charge in [-0.05, 0) is 0 Å². The summed E-state index contributed by atoms with van der Waals surface area (Å²) in [5, 5.41) is 124. The minimum absolute atomic E-state index is 0.528. The highest BCUT2D eigenvalue weighted by Gasteiger charge is 2.55. The SMILES string of the molecule is COC1O[C@H](CO)[C@@H](OC2O[C@H](CO)[C@@H](OC3O[C@H](CO)[C@@H](OC4O[C@H](CO)[C@@H](C)[C@H](O)[C@H]4O)[C@H](O)[C@H]3O)[C@H](O)[C@H]2O)[C@H](O)[C@H]1O. The van der Waals surface area contributed by atoms with Gasteiger partial charge in [0, 0.05) is 13.0 Å². The molecule has 4 aliphatic rings. The van der Waals surface area contributed by atoms with E-state index in [4.69, 9.17) is 37.9 Å². The van der Waals surface area contributed by atoms with E-state index < -0.39 is 149 Å². The first-order valence-electron chi connectivity index (χ1n) is 14.8. The van der Waals surface area contributed by atoms with E-state index in [-0.39, 0.29) is 0 Å². The van der Waals surface area contributed by atoms with Gasteiger partial charge in [0.05, 0.1) is 38.6 Å². The summed E-state index contributed by atoms with van der Waals surface area (Å²) >= 11 is 0. The first kappa shape index (κ1) is 38.0. The van der Waals surface area contributed by atoms with Gasteiger partial charge in [-0.2, -0.15) is 0 Å². The standard InChI is InChI=1S/C26H46O20/c1-7-8(3-27)40-24(16(35)12(7)31)44-21-10(5-29)42-26(18(37)14(21)33)46-22-11(6-30)43-25(19(38)15(22)34)45-20-9(4-28)41-23(39-2)17(36)13(20)32/h7-38H,3-6H2,1-2H3/t7-,8-,9-,10-,11-,12+,13-,14-,15-,16-,17-,18-,19-,20-,21-,22-,23?,24?,25?,26?/m1/s1. The number of aliphatic hydroxyl groups is 12. The molecule has 4 heterocycles. The van der Waals surface area contributed by atoms with Crippen LogP contribution in [0, 0.1) is 5.92 Å². The molecule has 270 valence electrons. The Morgan fingerprint density at radius 1 is 0.413 bits per heavy atom. The van der Waals surface area contributed by atoms with E-state index in [1.54, 1.807) is 0 Å². The van der Waals surface area contributed by atoms with Gasteiger partial charge in [0.25, 0.3) is 0 Å². The van der Waals surface area contributed by atoms with Gasteiger partial charge in [-0.1, -0.05) is 6.92 Å². The van der Waals surface area contributed by atoms with Crippen LogP contribution in [0.4, 0.5) is 0 Å². The van der Waals surface area contributed by atoms with E-state index in [2.05, 4.69) is 0 Å². The summed E-state index contributed by atoms with van der Waals surface area (Å²) in [5.41, 5.74) is 0. The van der Waals surface area contributed by atoms with E-state index in [0.29, 0.717) is 0 Å². The van der Waals surface area contributed by atoms with Crippen molar-refractivity contribution in [3.63, 3.8) is 0 Å². The van der Waals surface area contributed by atoms with E-state index >= 15 is 0 Å². The van der Waals surface area contributed by atoms with Crippen LogP contribution in [0.2, 0.25) is 0 Å². The van der Waals surface area contributed by atoms with Crippen molar-refractivity contribution in [2.45, 2.75) is 124 Å². The second kappa shape index (κ2) is 16.3. The second-order valence-electron chi connectivity index (χ2n) is 11.7. The average Bonchev–Trinajstić information content (AvgIpc) is 3.05. The third kappa shape index (κ3) is 7.51.